The fourth-order valence-corrected chi connectivity index (χ4v) is 8.23. The molecule has 0 spiro atoms. The Morgan fingerprint density at radius 3 is 2.49 bits per heavy atom. The van der Waals surface area contributed by atoms with Crippen molar-refractivity contribution in [2.24, 2.45) is 34.5 Å². The van der Waals surface area contributed by atoms with Crippen LogP contribution in [0, 0.1) is 34.5 Å². The fourth-order valence-electron chi connectivity index (χ4n) is 8.23. The van der Waals surface area contributed by atoms with Crippen LogP contribution >= 0.6 is 0 Å². The van der Waals surface area contributed by atoms with Crippen LogP contribution in [0.5, 0.6) is 0 Å². The molecule has 0 amide bonds. The van der Waals surface area contributed by atoms with E-state index in [9.17, 15) is 24.3 Å². The molecule has 0 heterocycles. The SMILES string of the molecule is CCC(=O)OCC(=O)[C@@]1(OC(=O)CC(O)CC)CC[C@H]2[C@@H]3C[C@H](C)C4=CC(=O)C=C[C@]4(C)[C@H]3CC[C@@]21C. The highest BCUT2D eigenvalue weighted by Crippen LogP contribution is 2.68. The Bertz CT molecular complexity index is 1030. The van der Waals surface area contributed by atoms with Gasteiger partial charge in [0, 0.05) is 17.3 Å². The first-order valence-electron chi connectivity index (χ1n) is 14.0. The van der Waals surface area contributed by atoms with Gasteiger partial charge < -0.3 is 14.6 Å². The third-order valence-corrected chi connectivity index (χ3v) is 10.3. The lowest BCUT2D eigenvalue weighted by atomic mass is 9.45. The van der Waals surface area contributed by atoms with Gasteiger partial charge >= 0.3 is 11.9 Å². The summed E-state index contributed by atoms with van der Waals surface area (Å²) < 4.78 is 11.4. The van der Waals surface area contributed by atoms with Crippen LogP contribution in [0.1, 0.15) is 86.0 Å². The number of esters is 2. The number of carbonyl (C=O) groups excluding carboxylic acids is 4. The number of aliphatic hydroxyl groups is 1. The van der Waals surface area contributed by atoms with E-state index in [-0.39, 0.29) is 41.7 Å². The van der Waals surface area contributed by atoms with E-state index in [1.165, 1.54) is 5.57 Å². The fraction of sp³-hybridized carbons (Fsp3) is 0.733. The number of rotatable bonds is 8. The maximum absolute atomic E-state index is 13.8. The lowest BCUT2D eigenvalue weighted by Crippen LogP contribution is -2.60. The molecule has 7 nitrogen and oxygen atoms in total. The molecule has 4 aliphatic carbocycles. The number of ether oxygens (including phenoxy) is 2. The molecular formula is C30H42O7. The summed E-state index contributed by atoms with van der Waals surface area (Å²) in [7, 11) is 0. The van der Waals surface area contributed by atoms with Crippen LogP contribution < -0.4 is 0 Å². The second-order valence-electron chi connectivity index (χ2n) is 12.1. The van der Waals surface area contributed by atoms with E-state index < -0.39 is 35.7 Å². The molecule has 1 unspecified atom stereocenters. The largest absolute Gasteiger partial charge is 0.457 e. The molecule has 8 atom stereocenters. The van der Waals surface area contributed by atoms with Gasteiger partial charge in [0.1, 0.15) is 0 Å². The van der Waals surface area contributed by atoms with Crippen molar-refractivity contribution in [3.63, 3.8) is 0 Å². The van der Waals surface area contributed by atoms with Gasteiger partial charge in [0.05, 0.1) is 12.5 Å². The molecule has 0 radical (unpaired) electrons. The Balaban J connectivity index is 1.68. The van der Waals surface area contributed by atoms with Gasteiger partial charge in [-0.15, -0.1) is 0 Å². The summed E-state index contributed by atoms with van der Waals surface area (Å²) >= 11 is 0. The predicted molar refractivity (Wildman–Crippen MR) is 137 cm³/mol. The van der Waals surface area contributed by atoms with E-state index in [2.05, 4.69) is 26.8 Å². The standard InChI is InChI=1S/C30H42O7/c1-6-19(31)16-27(35)37-30(25(33)17-36-26(34)7-2)13-10-23-21-14-18(3)24-15-20(32)8-11-28(24,4)22(21)9-12-29(23,30)5/h8,11,15,18-19,21-23,31H,6-7,9-10,12-14,16-17H2,1-5H3/t18-,19?,21+,22-,23-,28+,29-,30-/m0/s1. The smallest absolute Gasteiger partial charge is 0.309 e. The molecule has 0 aromatic rings. The van der Waals surface area contributed by atoms with Gasteiger partial charge in [-0.25, -0.2) is 0 Å². The number of carbonyl (C=O) groups is 4. The molecule has 3 fully saturated rings. The van der Waals surface area contributed by atoms with E-state index in [0.717, 1.165) is 19.3 Å². The van der Waals surface area contributed by atoms with Crippen molar-refractivity contribution in [2.45, 2.75) is 97.7 Å². The number of hydrogen-bond acceptors (Lipinski definition) is 7. The molecule has 0 aromatic carbocycles. The number of ketones is 2. The van der Waals surface area contributed by atoms with Gasteiger partial charge in [0.25, 0.3) is 0 Å². The van der Waals surface area contributed by atoms with Gasteiger partial charge in [-0.05, 0) is 74.3 Å². The normalized spacial score (nSPS) is 39.1. The van der Waals surface area contributed by atoms with Crippen LogP contribution in [-0.4, -0.2) is 46.9 Å². The molecule has 0 aliphatic heterocycles. The van der Waals surface area contributed by atoms with Gasteiger partial charge in [-0.2, -0.15) is 0 Å². The third-order valence-electron chi connectivity index (χ3n) is 10.3. The van der Waals surface area contributed by atoms with Gasteiger partial charge in [-0.3, -0.25) is 19.2 Å². The van der Waals surface area contributed by atoms with Crippen LogP contribution in [0.4, 0.5) is 0 Å². The van der Waals surface area contributed by atoms with Crippen molar-refractivity contribution >= 4 is 23.5 Å². The minimum absolute atomic E-state index is 0.0479. The van der Waals surface area contributed by atoms with E-state index in [1.807, 2.05) is 6.08 Å². The van der Waals surface area contributed by atoms with Crippen LogP contribution in [0.25, 0.3) is 0 Å². The highest BCUT2D eigenvalue weighted by molar-refractivity contribution is 6.01. The molecule has 0 saturated heterocycles. The molecule has 37 heavy (non-hydrogen) atoms. The Morgan fingerprint density at radius 1 is 1.11 bits per heavy atom. The summed E-state index contributed by atoms with van der Waals surface area (Å²) in [6.07, 6.45) is 8.75. The van der Waals surface area contributed by atoms with E-state index in [1.54, 1.807) is 19.9 Å². The first-order chi connectivity index (χ1) is 17.4. The molecule has 3 saturated carbocycles. The average Bonchev–Trinajstić information content (AvgIpc) is 3.16. The third kappa shape index (κ3) is 4.51. The van der Waals surface area contributed by atoms with Crippen LogP contribution in [0.2, 0.25) is 0 Å². The lowest BCUT2D eigenvalue weighted by molar-refractivity contribution is -0.193. The Labute approximate surface area is 220 Å². The lowest BCUT2D eigenvalue weighted by Gasteiger charge is -2.59. The number of hydrogen-bond donors (Lipinski definition) is 1. The van der Waals surface area contributed by atoms with Crippen molar-refractivity contribution in [3.8, 4) is 0 Å². The predicted octanol–water partition coefficient (Wildman–Crippen LogP) is 4.51. The van der Waals surface area contributed by atoms with Gasteiger partial charge in [0.2, 0.25) is 5.78 Å². The molecule has 4 aliphatic rings. The maximum atomic E-state index is 13.8. The topological polar surface area (TPSA) is 107 Å². The van der Waals surface area contributed by atoms with Crippen LogP contribution in [-0.2, 0) is 28.7 Å². The van der Waals surface area contributed by atoms with E-state index in [0.29, 0.717) is 31.1 Å². The summed E-state index contributed by atoms with van der Waals surface area (Å²) in [6, 6.07) is 0. The second kappa shape index (κ2) is 10.1. The minimum Gasteiger partial charge on any atom is -0.457 e. The molecule has 1 N–H and O–H groups in total. The first kappa shape index (κ1) is 27.7. The van der Waals surface area contributed by atoms with Crippen molar-refractivity contribution in [3.05, 3.63) is 23.8 Å². The van der Waals surface area contributed by atoms with Crippen molar-refractivity contribution in [1.82, 2.24) is 0 Å². The number of aliphatic hydroxyl groups excluding tert-OH is 1. The number of fused-ring (bicyclic) bond motifs is 5. The zero-order chi connectivity index (χ0) is 27.2. The zero-order valence-corrected chi connectivity index (χ0v) is 22.9. The molecule has 4 rings (SSSR count). The average molecular weight is 515 g/mol. The summed E-state index contributed by atoms with van der Waals surface area (Å²) in [5.41, 5.74) is -0.996. The molecule has 204 valence electrons. The van der Waals surface area contributed by atoms with Crippen LogP contribution in [0.3, 0.4) is 0 Å². The zero-order valence-electron chi connectivity index (χ0n) is 22.9. The Kier molecular flexibility index (Phi) is 7.59. The number of Topliss-reactive ketones (excluding diaryl/α,β-unsaturated/α-hetero) is 1. The monoisotopic (exact) mass is 514 g/mol. The quantitative estimate of drug-likeness (QED) is 0.475. The Morgan fingerprint density at radius 2 is 1.81 bits per heavy atom. The maximum Gasteiger partial charge on any atom is 0.309 e. The number of allylic oxidation sites excluding steroid dienone is 4. The highest BCUT2D eigenvalue weighted by atomic mass is 16.6. The highest BCUT2D eigenvalue weighted by Gasteiger charge is 2.69. The van der Waals surface area contributed by atoms with E-state index in [4.69, 9.17) is 9.47 Å². The van der Waals surface area contributed by atoms with Gasteiger partial charge in [0.15, 0.2) is 18.0 Å². The first-order valence-corrected chi connectivity index (χ1v) is 14.0. The summed E-state index contributed by atoms with van der Waals surface area (Å²) in [5.74, 6) is -0.347. The second-order valence-corrected chi connectivity index (χ2v) is 12.1. The minimum atomic E-state index is -1.39. The van der Waals surface area contributed by atoms with Crippen molar-refractivity contribution in [1.29, 1.82) is 0 Å². The van der Waals surface area contributed by atoms with E-state index >= 15 is 0 Å². The molecule has 0 bridgehead atoms. The molecule has 7 heteroatoms. The summed E-state index contributed by atoms with van der Waals surface area (Å²) in [6.45, 7) is 9.53. The van der Waals surface area contributed by atoms with Gasteiger partial charge in [-0.1, -0.05) is 46.3 Å². The molecular weight excluding hydrogens is 472 g/mol. The van der Waals surface area contributed by atoms with Crippen molar-refractivity contribution in [2.75, 3.05) is 6.61 Å². The van der Waals surface area contributed by atoms with Crippen molar-refractivity contribution < 1.29 is 33.8 Å². The summed E-state index contributed by atoms with van der Waals surface area (Å²) in [5, 5.41) is 10.1. The Hall–Kier alpha value is -2.28. The molecule has 0 aromatic heterocycles. The van der Waals surface area contributed by atoms with Crippen LogP contribution in [0.15, 0.2) is 23.8 Å². The summed E-state index contributed by atoms with van der Waals surface area (Å²) in [4.78, 5) is 50.9.